The molecule has 0 atom stereocenters. The Morgan fingerprint density at radius 2 is 1.02 bits per heavy atom. The van der Waals surface area contributed by atoms with Crippen LogP contribution in [-0.4, -0.2) is 15.0 Å². The van der Waals surface area contributed by atoms with Crippen LogP contribution < -0.4 is 0 Å². The van der Waals surface area contributed by atoms with Crippen LogP contribution in [0, 0.1) is 0 Å². The Morgan fingerprint density at radius 1 is 0.429 bits per heavy atom. The molecule has 0 aliphatic heterocycles. The van der Waals surface area contributed by atoms with Gasteiger partial charge in [-0.15, -0.1) is 0 Å². The Bertz CT molecular complexity index is 2500. The van der Waals surface area contributed by atoms with Crippen molar-refractivity contribution in [1.29, 1.82) is 0 Å². The molecule has 49 heavy (non-hydrogen) atoms. The van der Waals surface area contributed by atoms with E-state index in [9.17, 15) is 0 Å². The highest BCUT2D eigenvalue weighted by atomic mass is 14.9. The Morgan fingerprint density at radius 3 is 1.82 bits per heavy atom. The highest BCUT2D eigenvalue weighted by Crippen LogP contribution is 2.52. The monoisotopic (exact) mass is 627 g/mol. The molecule has 0 spiro atoms. The number of pyridine rings is 1. The van der Waals surface area contributed by atoms with E-state index in [1.165, 1.54) is 44.2 Å². The maximum Gasteiger partial charge on any atom is 0.160 e. The van der Waals surface area contributed by atoms with Gasteiger partial charge in [0.2, 0.25) is 0 Å². The normalized spacial score (nSPS) is 12.9. The summed E-state index contributed by atoms with van der Waals surface area (Å²) in [5, 5.41) is 2.60. The lowest BCUT2D eigenvalue weighted by atomic mass is 9.82. The van der Waals surface area contributed by atoms with Crippen molar-refractivity contribution in [1.82, 2.24) is 15.0 Å². The van der Waals surface area contributed by atoms with Gasteiger partial charge in [0.05, 0.1) is 11.4 Å². The van der Waals surface area contributed by atoms with Gasteiger partial charge in [0.25, 0.3) is 0 Å². The molecule has 232 valence electrons. The van der Waals surface area contributed by atoms with Crippen LogP contribution in [0.15, 0.2) is 164 Å². The molecule has 3 heteroatoms. The second kappa shape index (κ2) is 11.5. The van der Waals surface area contributed by atoms with Crippen molar-refractivity contribution in [3.05, 3.63) is 175 Å². The fraction of sp³-hybridized carbons (Fsp3) is 0.0652. The van der Waals surface area contributed by atoms with E-state index in [-0.39, 0.29) is 5.41 Å². The van der Waals surface area contributed by atoms with Crippen LogP contribution in [0.3, 0.4) is 0 Å². The lowest BCUT2D eigenvalue weighted by Crippen LogP contribution is -2.14. The van der Waals surface area contributed by atoms with Crippen LogP contribution in [0.1, 0.15) is 25.0 Å². The second-order valence-electron chi connectivity index (χ2n) is 13.3. The Kier molecular flexibility index (Phi) is 6.80. The molecule has 3 nitrogen and oxygen atoms in total. The lowest BCUT2D eigenvalue weighted by Gasteiger charge is -2.21. The van der Waals surface area contributed by atoms with Crippen molar-refractivity contribution in [3.63, 3.8) is 0 Å². The van der Waals surface area contributed by atoms with Crippen LogP contribution >= 0.6 is 0 Å². The third kappa shape index (κ3) is 5.03. The first-order chi connectivity index (χ1) is 24.0. The molecule has 2 aromatic heterocycles. The van der Waals surface area contributed by atoms with Crippen molar-refractivity contribution < 1.29 is 0 Å². The molecule has 1 aliphatic rings. The molecule has 2 heterocycles. The minimum atomic E-state index is -0.0467. The predicted molar refractivity (Wildman–Crippen MR) is 202 cm³/mol. The van der Waals surface area contributed by atoms with Gasteiger partial charge < -0.3 is 0 Å². The van der Waals surface area contributed by atoms with Crippen LogP contribution in [-0.2, 0) is 5.41 Å². The van der Waals surface area contributed by atoms with Crippen LogP contribution in [0.5, 0.6) is 0 Å². The number of aromatic nitrogens is 3. The summed E-state index contributed by atoms with van der Waals surface area (Å²) in [6.07, 6.45) is 3.61. The number of rotatable bonds is 5. The number of fused-ring (bicyclic) bond motifs is 5. The summed E-state index contributed by atoms with van der Waals surface area (Å²) in [6, 6.07) is 54.0. The highest BCUT2D eigenvalue weighted by Gasteiger charge is 2.36. The third-order valence-electron chi connectivity index (χ3n) is 10.0. The molecule has 0 bridgehead atoms. The predicted octanol–water partition coefficient (Wildman–Crippen LogP) is 11.7. The standard InChI is InChI=1S/C46H33N3/c1-46(2)40-21-20-36(28-39(40)44-38-14-7-6-11-32(38)19-22-41(44)46)31-15-17-33(18-16-31)42-29-43(34-23-25-47-26-24-34)49-45(48-42)37-13-8-12-35(27-37)30-9-4-3-5-10-30/h3-29H,1-2H3. The summed E-state index contributed by atoms with van der Waals surface area (Å²) in [4.78, 5) is 14.4. The Balaban J connectivity index is 1.12. The molecule has 0 amide bonds. The van der Waals surface area contributed by atoms with Crippen molar-refractivity contribution in [2.24, 2.45) is 0 Å². The van der Waals surface area contributed by atoms with E-state index in [0.29, 0.717) is 5.82 Å². The second-order valence-corrected chi connectivity index (χ2v) is 13.3. The Hall–Kier alpha value is -6.19. The molecule has 0 fully saturated rings. The SMILES string of the molecule is CC1(C)c2ccc(-c3ccc(-c4cc(-c5ccncc5)nc(-c5cccc(-c6ccccc6)c5)n4)cc3)cc2-c2c1ccc1ccccc21. The number of hydrogen-bond donors (Lipinski definition) is 0. The number of benzene rings is 6. The van der Waals surface area contributed by atoms with E-state index in [2.05, 4.69) is 152 Å². The van der Waals surface area contributed by atoms with Crippen LogP contribution in [0.2, 0.25) is 0 Å². The summed E-state index contributed by atoms with van der Waals surface area (Å²) in [5.41, 5.74) is 14.9. The van der Waals surface area contributed by atoms with E-state index >= 15 is 0 Å². The first-order valence-corrected chi connectivity index (χ1v) is 16.8. The van der Waals surface area contributed by atoms with Gasteiger partial charge in [0.15, 0.2) is 5.82 Å². The first kappa shape index (κ1) is 29.0. The maximum atomic E-state index is 5.13. The van der Waals surface area contributed by atoms with Gasteiger partial charge >= 0.3 is 0 Å². The van der Waals surface area contributed by atoms with E-state index in [1.54, 1.807) is 12.4 Å². The van der Waals surface area contributed by atoms with Crippen LogP contribution in [0.25, 0.3) is 78.1 Å². The van der Waals surface area contributed by atoms with Gasteiger partial charge in [-0.1, -0.05) is 135 Å². The maximum absolute atomic E-state index is 5.13. The minimum Gasteiger partial charge on any atom is -0.265 e. The lowest BCUT2D eigenvalue weighted by molar-refractivity contribution is 0.661. The zero-order chi connectivity index (χ0) is 33.0. The van der Waals surface area contributed by atoms with Gasteiger partial charge in [-0.3, -0.25) is 4.98 Å². The molecule has 0 radical (unpaired) electrons. The fourth-order valence-electron chi connectivity index (χ4n) is 7.40. The molecular formula is C46H33N3. The topological polar surface area (TPSA) is 38.7 Å². The molecule has 6 aromatic carbocycles. The van der Waals surface area contributed by atoms with Crippen LogP contribution in [0.4, 0.5) is 0 Å². The largest absolute Gasteiger partial charge is 0.265 e. The summed E-state index contributed by atoms with van der Waals surface area (Å²) >= 11 is 0. The average Bonchev–Trinajstić information content (AvgIpc) is 3.41. The highest BCUT2D eigenvalue weighted by molar-refractivity contribution is 6.03. The van der Waals surface area contributed by atoms with E-state index in [4.69, 9.17) is 9.97 Å². The summed E-state index contributed by atoms with van der Waals surface area (Å²) < 4.78 is 0. The molecular weight excluding hydrogens is 595 g/mol. The van der Waals surface area contributed by atoms with E-state index in [1.807, 2.05) is 18.2 Å². The quantitative estimate of drug-likeness (QED) is 0.191. The first-order valence-electron chi connectivity index (χ1n) is 16.8. The van der Waals surface area contributed by atoms with Gasteiger partial charge in [0.1, 0.15) is 0 Å². The minimum absolute atomic E-state index is 0.0467. The summed E-state index contributed by atoms with van der Waals surface area (Å²) in [6.45, 7) is 4.68. The van der Waals surface area contributed by atoms with Crippen molar-refractivity contribution in [2.45, 2.75) is 19.3 Å². The zero-order valence-electron chi connectivity index (χ0n) is 27.4. The molecule has 0 unspecified atom stereocenters. The molecule has 0 saturated carbocycles. The van der Waals surface area contributed by atoms with Crippen molar-refractivity contribution >= 4 is 10.8 Å². The van der Waals surface area contributed by atoms with Gasteiger partial charge in [-0.05, 0) is 85.6 Å². The van der Waals surface area contributed by atoms with E-state index < -0.39 is 0 Å². The van der Waals surface area contributed by atoms with E-state index in [0.717, 1.165) is 39.2 Å². The number of hydrogen-bond acceptors (Lipinski definition) is 3. The van der Waals surface area contributed by atoms with Gasteiger partial charge in [-0.2, -0.15) is 0 Å². The molecule has 0 saturated heterocycles. The third-order valence-corrected chi connectivity index (χ3v) is 10.0. The summed E-state index contributed by atoms with van der Waals surface area (Å²) in [5.74, 6) is 0.693. The van der Waals surface area contributed by atoms with Gasteiger partial charge in [0, 0.05) is 34.5 Å². The molecule has 1 aliphatic carbocycles. The van der Waals surface area contributed by atoms with Crippen molar-refractivity contribution in [2.75, 3.05) is 0 Å². The molecule has 8 aromatic rings. The van der Waals surface area contributed by atoms with Crippen molar-refractivity contribution in [3.8, 4) is 67.3 Å². The fourth-order valence-corrected chi connectivity index (χ4v) is 7.40. The number of nitrogens with zero attached hydrogens (tertiary/aromatic N) is 3. The summed E-state index contributed by atoms with van der Waals surface area (Å²) in [7, 11) is 0. The zero-order valence-corrected chi connectivity index (χ0v) is 27.4. The molecule has 0 N–H and O–H groups in total. The average molecular weight is 628 g/mol. The Labute approximate surface area is 286 Å². The molecule has 9 rings (SSSR count). The van der Waals surface area contributed by atoms with Gasteiger partial charge in [-0.25, -0.2) is 9.97 Å². The smallest absolute Gasteiger partial charge is 0.160 e.